The Morgan fingerprint density at radius 3 is 2.44 bits per heavy atom. The molecule has 206 valence electrons. The minimum Gasteiger partial charge on any atom is -0.496 e. The summed E-state index contributed by atoms with van der Waals surface area (Å²) in [7, 11) is 3.05. The first-order valence-electron chi connectivity index (χ1n) is 12.0. The van der Waals surface area contributed by atoms with Crippen LogP contribution < -0.4 is 20.4 Å². The van der Waals surface area contributed by atoms with Crippen LogP contribution in [0.5, 0.6) is 11.5 Å². The maximum absolute atomic E-state index is 12.8. The first-order chi connectivity index (χ1) is 18.5. The zero-order valence-electron chi connectivity index (χ0n) is 21.7. The molecular weight excluding hydrogens is 625 g/mol. The fourth-order valence-electron chi connectivity index (χ4n) is 4.81. The van der Waals surface area contributed by atoms with E-state index >= 15 is 0 Å². The van der Waals surface area contributed by atoms with Gasteiger partial charge in [0.25, 0.3) is 5.91 Å². The molecule has 0 aliphatic carbocycles. The van der Waals surface area contributed by atoms with Gasteiger partial charge in [-0.2, -0.15) is 0 Å². The maximum Gasteiger partial charge on any atom is 0.509 e. The lowest BCUT2D eigenvalue weighted by Gasteiger charge is -2.45. The molecule has 2 fully saturated rings. The second kappa shape index (κ2) is 10.3. The van der Waals surface area contributed by atoms with Gasteiger partial charge in [-0.3, -0.25) is 4.79 Å². The third kappa shape index (κ3) is 5.03. The smallest absolute Gasteiger partial charge is 0.496 e. The highest BCUT2D eigenvalue weighted by molar-refractivity contribution is 14.1. The average molecular weight is 651 g/mol. The molecule has 1 aromatic heterocycles. The second-order valence-electron chi connectivity index (χ2n) is 9.64. The predicted octanol–water partition coefficient (Wildman–Crippen LogP) is 4.40. The molecule has 2 saturated heterocycles. The highest BCUT2D eigenvalue weighted by Gasteiger charge is 2.59. The van der Waals surface area contributed by atoms with Crippen LogP contribution >= 0.6 is 22.6 Å². The highest BCUT2D eigenvalue weighted by Crippen LogP contribution is 2.39. The summed E-state index contributed by atoms with van der Waals surface area (Å²) in [6.45, 7) is 5.32. The highest BCUT2D eigenvalue weighted by atomic mass is 127. The molecule has 11 nitrogen and oxygen atoms in total. The standard InChI is InChI=1S/C27H26INO10/c1-12-17(35-25-21-20(37-26(32)38-21)22(34-5)27(2,3)39-25)8-6-13-11-16(24(31)36-19(12)13)29-23(30)14-7-9-18(33-4)15(28)10-14/h6-11,20-22,25H,1-5H3,(H,29,30)/t20-,21+,22+,25+/m0/s1. The van der Waals surface area contributed by atoms with E-state index in [4.69, 9.17) is 32.8 Å². The number of fused-ring (bicyclic) bond motifs is 2. The molecule has 5 rings (SSSR count). The molecule has 3 aromatic rings. The number of nitrogens with one attached hydrogen (secondary N) is 1. The third-order valence-electron chi connectivity index (χ3n) is 6.72. The number of hydrogen-bond donors (Lipinski definition) is 1. The second-order valence-corrected chi connectivity index (χ2v) is 10.8. The number of benzene rings is 2. The Balaban J connectivity index is 1.40. The van der Waals surface area contributed by atoms with Gasteiger partial charge in [-0.1, -0.05) is 0 Å². The first kappa shape index (κ1) is 27.2. The Morgan fingerprint density at radius 1 is 1.03 bits per heavy atom. The van der Waals surface area contributed by atoms with Crippen LogP contribution in [0.25, 0.3) is 11.0 Å². The molecule has 0 unspecified atom stereocenters. The number of hydrogen-bond acceptors (Lipinski definition) is 10. The van der Waals surface area contributed by atoms with Gasteiger partial charge >= 0.3 is 11.8 Å². The molecule has 0 bridgehead atoms. The number of ether oxygens (including phenoxy) is 6. The van der Waals surface area contributed by atoms with Crippen LogP contribution in [0.15, 0.2) is 45.6 Å². The summed E-state index contributed by atoms with van der Waals surface area (Å²) in [5.41, 5.74) is -0.441. The van der Waals surface area contributed by atoms with Crippen LogP contribution in [0.4, 0.5) is 10.5 Å². The zero-order valence-corrected chi connectivity index (χ0v) is 23.9. The Hall–Kier alpha value is -3.36. The molecule has 39 heavy (non-hydrogen) atoms. The van der Waals surface area contributed by atoms with Crippen LogP contribution in [0.2, 0.25) is 0 Å². The van der Waals surface area contributed by atoms with Gasteiger partial charge in [-0.15, -0.1) is 0 Å². The molecule has 12 heteroatoms. The number of anilines is 1. The van der Waals surface area contributed by atoms with E-state index in [9.17, 15) is 14.4 Å². The number of rotatable bonds is 6. The predicted molar refractivity (Wildman–Crippen MR) is 146 cm³/mol. The molecule has 4 atom stereocenters. The van der Waals surface area contributed by atoms with E-state index < -0.39 is 47.9 Å². The molecule has 2 aromatic carbocycles. The number of carbonyl (C=O) groups excluding carboxylic acids is 2. The van der Waals surface area contributed by atoms with Gasteiger partial charge < -0.3 is 38.2 Å². The van der Waals surface area contributed by atoms with Crippen molar-refractivity contribution in [3.8, 4) is 11.5 Å². The van der Waals surface area contributed by atoms with E-state index in [2.05, 4.69) is 27.9 Å². The van der Waals surface area contributed by atoms with Crippen LogP contribution in [0, 0.1) is 10.5 Å². The summed E-state index contributed by atoms with van der Waals surface area (Å²) in [5.74, 6) is 0.530. The lowest BCUT2D eigenvalue weighted by molar-refractivity contribution is -0.282. The van der Waals surface area contributed by atoms with Gasteiger partial charge in [0.1, 0.15) is 28.9 Å². The van der Waals surface area contributed by atoms with Crippen molar-refractivity contribution in [1.82, 2.24) is 0 Å². The topological polar surface area (TPSA) is 132 Å². The minimum absolute atomic E-state index is 0.00720. The third-order valence-corrected chi connectivity index (χ3v) is 7.56. The number of methoxy groups -OCH3 is 2. The van der Waals surface area contributed by atoms with Crippen molar-refractivity contribution < 1.29 is 42.4 Å². The van der Waals surface area contributed by atoms with E-state index in [-0.39, 0.29) is 11.3 Å². The van der Waals surface area contributed by atoms with Crippen LogP contribution in [0.3, 0.4) is 0 Å². The summed E-state index contributed by atoms with van der Waals surface area (Å²) in [6, 6.07) is 9.85. The van der Waals surface area contributed by atoms with Crippen LogP contribution in [0.1, 0.15) is 29.8 Å². The van der Waals surface area contributed by atoms with Gasteiger partial charge in [0, 0.05) is 23.6 Å². The number of aryl methyl sites for hydroxylation is 1. The van der Waals surface area contributed by atoms with E-state index in [1.165, 1.54) is 13.2 Å². The fourth-order valence-corrected chi connectivity index (χ4v) is 5.55. The van der Waals surface area contributed by atoms with E-state index in [1.807, 2.05) is 0 Å². The zero-order chi connectivity index (χ0) is 28.1. The molecule has 0 radical (unpaired) electrons. The number of amides is 1. The normalized spacial score (nSPS) is 23.5. The quantitative estimate of drug-likeness (QED) is 0.233. The van der Waals surface area contributed by atoms with E-state index in [0.717, 1.165) is 3.57 Å². The molecule has 0 saturated carbocycles. The van der Waals surface area contributed by atoms with Crippen molar-refractivity contribution in [2.24, 2.45) is 0 Å². The Labute approximate surface area is 236 Å². The molecule has 0 spiro atoms. The summed E-state index contributed by atoms with van der Waals surface area (Å²) in [4.78, 5) is 37.5. The van der Waals surface area contributed by atoms with E-state index in [1.54, 1.807) is 58.2 Å². The maximum atomic E-state index is 12.8. The van der Waals surface area contributed by atoms with Gasteiger partial charge in [-0.05, 0) is 79.8 Å². The summed E-state index contributed by atoms with van der Waals surface area (Å²) in [6.07, 6.45) is -4.00. The summed E-state index contributed by atoms with van der Waals surface area (Å²) in [5, 5.41) is 3.18. The SMILES string of the molecule is COc1ccc(C(=O)Nc2cc3ccc(O[C@@H]4OC(C)(C)[C@H](OC)[C@H]5OC(=O)O[C@@H]45)c(C)c3oc2=O)cc1I. The minimum atomic E-state index is -1.00. The number of halogens is 1. The van der Waals surface area contributed by atoms with Gasteiger partial charge in [0.05, 0.1) is 16.3 Å². The number of carbonyl (C=O) groups is 2. The van der Waals surface area contributed by atoms with Gasteiger partial charge in [0.15, 0.2) is 6.10 Å². The van der Waals surface area contributed by atoms with Crippen LogP contribution in [-0.2, 0) is 18.9 Å². The molecule has 1 amide bonds. The average Bonchev–Trinajstić information content (AvgIpc) is 3.27. The van der Waals surface area contributed by atoms with Crippen molar-refractivity contribution >= 4 is 51.3 Å². The van der Waals surface area contributed by atoms with Crippen molar-refractivity contribution in [3.05, 3.63) is 61.5 Å². The monoisotopic (exact) mass is 651 g/mol. The van der Waals surface area contributed by atoms with Crippen molar-refractivity contribution in [2.45, 2.75) is 51.0 Å². The summed E-state index contributed by atoms with van der Waals surface area (Å²) >= 11 is 2.06. The van der Waals surface area contributed by atoms with E-state index in [0.29, 0.717) is 28.0 Å². The van der Waals surface area contributed by atoms with Crippen LogP contribution in [-0.4, -0.2) is 56.5 Å². The fraction of sp³-hybridized carbons (Fsp3) is 0.370. The van der Waals surface area contributed by atoms with Crippen molar-refractivity contribution in [2.75, 3.05) is 19.5 Å². The van der Waals surface area contributed by atoms with Crippen molar-refractivity contribution in [1.29, 1.82) is 0 Å². The summed E-state index contributed by atoms with van der Waals surface area (Å²) < 4.78 is 40.0. The Morgan fingerprint density at radius 2 is 1.74 bits per heavy atom. The van der Waals surface area contributed by atoms with Gasteiger partial charge in [0.2, 0.25) is 12.4 Å². The first-order valence-corrected chi connectivity index (χ1v) is 13.1. The molecular formula is C27H26INO10. The Kier molecular flexibility index (Phi) is 7.20. The molecule has 2 aliphatic heterocycles. The van der Waals surface area contributed by atoms with Gasteiger partial charge in [-0.25, -0.2) is 9.59 Å². The molecule has 3 heterocycles. The largest absolute Gasteiger partial charge is 0.509 e. The lowest BCUT2D eigenvalue weighted by Crippen LogP contribution is -2.62. The molecule has 1 N–H and O–H groups in total. The molecule has 2 aliphatic rings. The van der Waals surface area contributed by atoms with Crippen molar-refractivity contribution in [3.63, 3.8) is 0 Å². The Bertz CT molecular complexity index is 1520. The lowest BCUT2D eigenvalue weighted by atomic mass is 9.89.